The highest BCUT2D eigenvalue weighted by Gasteiger charge is 2.81. The van der Waals surface area contributed by atoms with E-state index in [-0.39, 0.29) is 6.10 Å². The third-order valence-electron chi connectivity index (χ3n) is 13.4. The Labute approximate surface area is 199 Å². The van der Waals surface area contributed by atoms with Gasteiger partial charge in [0.15, 0.2) is 0 Å². The lowest BCUT2D eigenvalue weighted by molar-refractivity contribution is -0.142. The Morgan fingerprint density at radius 3 is 2.38 bits per heavy atom. The summed E-state index contributed by atoms with van der Waals surface area (Å²) < 4.78 is 0. The molecule has 0 heterocycles. The van der Waals surface area contributed by atoms with Gasteiger partial charge in [0.1, 0.15) is 0 Å². The predicted molar refractivity (Wildman–Crippen MR) is 135 cm³/mol. The Hall–Kier alpha value is -0.300. The van der Waals surface area contributed by atoms with E-state index in [0.717, 1.165) is 30.1 Å². The van der Waals surface area contributed by atoms with Crippen molar-refractivity contribution in [2.45, 2.75) is 125 Å². The minimum absolute atomic E-state index is 0.0334. The molecule has 5 aliphatic carbocycles. The molecule has 0 radical (unpaired) electrons. The standard InChI is InChI=1S/C31H52O/c1-8-23(20(2)3)10-9-21(4)24-13-15-29(7)27-12-11-25-22(5)26(32)14-16-30(25)19-31(27,30)18-17-28(24,29)6/h8,20-22,24-27,32H,9-19H2,1-7H3. The fourth-order valence-corrected chi connectivity index (χ4v) is 11.3. The fraction of sp³-hybridized carbons (Fsp3) is 0.935. The molecule has 1 nitrogen and oxygen atoms in total. The number of aliphatic hydroxyl groups is 1. The van der Waals surface area contributed by atoms with Gasteiger partial charge in [-0.15, -0.1) is 0 Å². The molecule has 0 saturated heterocycles. The second kappa shape index (κ2) is 7.60. The normalized spacial score (nSPS) is 53.3. The minimum atomic E-state index is -0.0334. The van der Waals surface area contributed by atoms with Crippen LogP contribution in [-0.2, 0) is 0 Å². The maximum Gasteiger partial charge on any atom is 0.0568 e. The molecule has 1 N–H and O–H groups in total. The summed E-state index contributed by atoms with van der Waals surface area (Å²) in [5.41, 5.74) is 4.00. The second-order valence-corrected chi connectivity index (χ2v) is 14.2. The Morgan fingerprint density at radius 1 is 0.938 bits per heavy atom. The minimum Gasteiger partial charge on any atom is -0.393 e. The van der Waals surface area contributed by atoms with E-state index < -0.39 is 0 Å². The number of rotatable bonds is 5. The quantitative estimate of drug-likeness (QED) is 0.425. The molecular weight excluding hydrogens is 388 g/mol. The van der Waals surface area contributed by atoms with Crippen molar-refractivity contribution in [1.82, 2.24) is 0 Å². The zero-order chi connectivity index (χ0) is 23.1. The summed E-state index contributed by atoms with van der Waals surface area (Å²) in [4.78, 5) is 0. The number of hydrogen-bond donors (Lipinski definition) is 1. The maximum absolute atomic E-state index is 10.6. The first-order chi connectivity index (χ1) is 15.1. The molecule has 1 heteroatoms. The van der Waals surface area contributed by atoms with Crippen molar-refractivity contribution < 1.29 is 5.11 Å². The van der Waals surface area contributed by atoms with E-state index in [4.69, 9.17) is 0 Å². The van der Waals surface area contributed by atoms with Gasteiger partial charge in [-0.1, -0.05) is 53.2 Å². The second-order valence-electron chi connectivity index (χ2n) is 14.2. The lowest BCUT2D eigenvalue weighted by Crippen LogP contribution is -2.55. The molecule has 5 saturated carbocycles. The van der Waals surface area contributed by atoms with Crippen LogP contribution in [0.2, 0.25) is 0 Å². The van der Waals surface area contributed by atoms with Crippen molar-refractivity contribution in [2.75, 3.05) is 0 Å². The molecule has 10 unspecified atom stereocenters. The van der Waals surface area contributed by atoms with Crippen LogP contribution < -0.4 is 0 Å². The number of aliphatic hydroxyl groups excluding tert-OH is 1. The van der Waals surface area contributed by atoms with Gasteiger partial charge in [-0.25, -0.2) is 0 Å². The van der Waals surface area contributed by atoms with Gasteiger partial charge >= 0.3 is 0 Å². The van der Waals surface area contributed by atoms with Crippen LogP contribution >= 0.6 is 0 Å². The topological polar surface area (TPSA) is 20.2 Å². The SMILES string of the molecule is CC=C(CCC(C)C1CCC2(C)C3CCC4C(C)C(O)CCC45CC35CCC12C)C(C)C. The van der Waals surface area contributed by atoms with Crippen molar-refractivity contribution in [2.24, 2.45) is 57.2 Å². The van der Waals surface area contributed by atoms with Crippen LogP contribution in [0.25, 0.3) is 0 Å². The van der Waals surface area contributed by atoms with Crippen LogP contribution in [0.1, 0.15) is 119 Å². The summed E-state index contributed by atoms with van der Waals surface area (Å²) in [5.74, 6) is 4.74. The molecular formula is C31H52O. The van der Waals surface area contributed by atoms with Gasteiger partial charge < -0.3 is 5.11 Å². The maximum atomic E-state index is 10.6. The lowest BCUT2D eigenvalue weighted by Gasteiger charge is -2.62. The van der Waals surface area contributed by atoms with Crippen molar-refractivity contribution in [1.29, 1.82) is 0 Å². The predicted octanol–water partition coefficient (Wildman–Crippen LogP) is 8.41. The molecule has 5 aliphatic rings. The first-order valence-corrected chi connectivity index (χ1v) is 14.4. The summed E-state index contributed by atoms with van der Waals surface area (Å²) in [6.07, 6.45) is 17.7. The highest BCUT2D eigenvalue weighted by Crippen LogP contribution is 2.88. The summed E-state index contributed by atoms with van der Waals surface area (Å²) >= 11 is 0. The van der Waals surface area contributed by atoms with E-state index in [0.29, 0.717) is 33.5 Å². The third-order valence-corrected chi connectivity index (χ3v) is 13.4. The summed E-state index contributed by atoms with van der Waals surface area (Å²) in [7, 11) is 0. The molecule has 5 fully saturated rings. The summed E-state index contributed by atoms with van der Waals surface area (Å²) in [6, 6.07) is 0. The Bertz CT molecular complexity index is 766. The average Bonchev–Trinajstić information content (AvgIpc) is 3.33. The van der Waals surface area contributed by atoms with E-state index in [9.17, 15) is 5.11 Å². The highest BCUT2D eigenvalue weighted by molar-refractivity contribution is 5.29. The van der Waals surface area contributed by atoms with Crippen LogP contribution in [0, 0.1) is 57.2 Å². The van der Waals surface area contributed by atoms with Gasteiger partial charge in [0.05, 0.1) is 6.10 Å². The Balaban J connectivity index is 1.36. The van der Waals surface area contributed by atoms with Crippen LogP contribution in [0.15, 0.2) is 11.6 Å². The number of allylic oxidation sites excluding steroid dienone is 2. The Kier molecular flexibility index (Phi) is 5.57. The van der Waals surface area contributed by atoms with E-state index in [1.54, 1.807) is 5.57 Å². The molecule has 32 heavy (non-hydrogen) atoms. The summed E-state index contributed by atoms with van der Waals surface area (Å²) in [6.45, 7) is 17.4. The first-order valence-electron chi connectivity index (χ1n) is 14.4. The van der Waals surface area contributed by atoms with Gasteiger partial charge in [-0.3, -0.25) is 0 Å². The van der Waals surface area contributed by atoms with Gasteiger partial charge in [-0.05, 0) is 135 Å². The molecule has 5 rings (SSSR count). The zero-order valence-corrected chi connectivity index (χ0v) is 22.3. The summed E-state index contributed by atoms with van der Waals surface area (Å²) in [5, 5.41) is 10.6. The molecule has 0 amide bonds. The van der Waals surface area contributed by atoms with Crippen LogP contribution in [0.4, 0.5) is 0 Å². The van der Waals surface area contributed by atoms with Crippen LogP contribution in [-0.4, -0.2) is 11.2 Å². The van der Waals surface area contributed by atoms with Crippen molar-refractivity contribution in [3.63, 3.8) is 0 Å². The molecule has 182 valence electrons. The van der Waals surface area contributed by atoms with Crippen LogP contribution in [0.3, 0.4) is 0 Å². The van der Waals surface area contributed by atoms with Gasteiger partial charge in [0, 0.05) is 0 Å². The van der Waals surface area contributed by atoms with Gasteiger partial charge in [0.2, 0.25) is 0 Å². The smallest absolute Gasteiger partial charge is 0.0568 e. The van der Waals surface area contributed by atoms with E-state index in [1.165, 1.54) is 64.2 Å². The van der Waals surface area contributed by atoms with Crippen LogP contribution in [0.5, 0.6) is 0 Å². The van der Waals surface area contributed by atoms with Crippen molar-refractivity contribution >= 4 is 0 Å². The molecule has 0 aromatic rings. The third kappa shape index (κ3) is 2.85. The number of hydrogen-bond acceptors (Lipinski definition) is 1. The van der Waals surface area contributed by atoms with Crippen molar-refractivity contribution in [3.8, 4) is 0 Å². The highest BCUT2D eigenvalue weighted by atomic mass is 16.3. The molecule has 0 bridgehead atoms. The monoisotopic (exact) mass is 440 g/mol. The number of fused-ring (bicyclic) bond motifs is 2. The largest absolute Gasteiger partial charge is 0.393 e. The lowest BCUT2D eigenvalue weighted by atomic mass is 9.43. The first kappa shape index (κ1) is 23.4. The molecule has 0 aliphatic heterocycles. The van der Waals surface area contributed by atoms with Gasteiger partial charge in [0.25, 0.3) is 0 Å². The average molecular weight is 441 g/mol. The molecule has 0 aromatic carbocycles. The molecule has 0 aromatic heterocycles. The fourth-order valence-electron chi connectivity index (χ4n) is 11.3. The van der Waals surface area contributed by atoms with Gasteiger partial charge in [-0.2, -0.15) is 0 Å². The molecule has 10 atom stereocenters. The Morgan fingerprint density at radius 2 is 1.69 bits per heavy atom. The van der Waals surface area contributed by atoms with E-state index in [1.807, 2.05) is 0 Å². The molecule has 2 spiro atoms. The van der Waals surface area contributed by atoms with E-state index in [2.05, 4.69) is 54.5 Å². The van der Waals surface area contributed by atoms with E-state index >= 15 is 0 Å². The van der Waals surface area contributed by atoms with Crippen molar-refractivity contribution in [3.05, 3.63) is 11.6 Å². The zero-order valence-electron chi connectivity index (χ0n) is 22.3.